The van der Waals surface area contributed by atoms with Crippen LogP contribution in [-0.4, -0.2) is 41.6 Å². The van der Waals surface area contributed by atoms with E-state index in [2.05, 4.69) is 22.4 Å². The Hall–Kier alpha value is -1.65. The maximum atomic E-state index is 13.4. The van der Waals surface area contributed by atoms with Gasteiger partial charge in [-0.2, -0.15) is 0 Å². The minimum absolute atomic E-state index is 0.0158. The van der Waals surface area contributed by atoms with E-state index in [0.29, 0.717) is 5.92 Å². The summed E-state index contributed by atoms with van der Waals surface area (Å²) in [7, 11) is 0. The molecule has 164 valence electrons. The molecule has 2 atom stereocenters. The van der Waals surface area contributed by atoms with E-state index in [1.807, 2.05) is 30.3 Å². The first kappa shape index (κ1) is 21.6. The maximum absolute atomic E-state index is 13.4. The van der Waals surface area contributed by atoms with Gasteiger partial charge in [-0.1, -0.05) is 61.7 Å². The number of hydrogen-bond donors (Lipinski definition) is 2. The highest BCUT2D eigenvalue weighted by Gasteiger charge is 2.46. The Labute approximate surface area is 181 Å². The van der Waals surface area contributed by atoms with Crippen molar-refractivity contribution in [3.05, 3.63) is 48.0 Å². The Morgan fingerprint density at radius 1 is 1.00 bits per heavy atom. The minimum Gasteiger partial charge on any atom is -0.375 e. The number of nitrogens with zero attached hydrogens (tertiary/aromatic N) is 1. The summed E-state index contributed by atoms with van der Waals surface area (Å²) < 4.78 is 0. The van der Waals surface area contributed by atoms with Crippen LogP contribution in [0.5, 0.6) is 0 Å². The average Bonchev–Trinajstić information content (AvgIpc) is 3.21. The Morgan fingerprint density at radius 2 is 1.70 bits per heavy atom. The van der Waals surface area contributed by atoms with E-state index in [1.165, 1.54) is 25.7 Å². The molecule has 30 heavy (non-hydrogen) atoms. The number of piperidine rings is 1. The number of allylic oxidation sites excluding steroid dienone is 1. The van der Waals surface area contributed by atoms with Gasteiger partial charge >= 0.3 is 0 Å². The Balaban J connectivity index is 1.34. The van der Waals surface area contributed by atoms with Gasteiger partial charge in [-0.25, -0.2) is 0 Å². The predicted octanol–water partition coefficient (Wildman–Crippen LogP) is 4.39. The number of likely N-dealkylation sites (tertiary alicyclic amines) is 1. The summed E-state index contributed by atoms with van der Waals surface area (Å²) in [5, 5.41) is 14.9. The van der Waals surface area contributed by atoms with E-state index in [4.69, 9.17) is 0 Å². The van der Waals surface area contributed by atoms with Crippen molar-refractivity contribution in [2.45, 2.75) is 75.9 Å². The standard InChI is InChI=1S/C26H38N2O2/c29-25(26(30,23-14-8-9-15-23)22-12-6-3-7-13-22)27-24-16-18-28(19-17-24)20-21-10-4-1-2-5-11-21/h3-4,6-7,10,12-13,21,23-24,30H,1-2,5,8-9,11,14-20H2,(H,27,29). The van der Waals surface area contributed by atoms with Crippen LogP contribution in [0, 0.1) is 11.8 Å². The highest BCUT2D eigenvalue weighted by molar-refractivity contribution is 5.87. The van der Waals surface area contributed by atoms with Gasteiger partial charge in [-0.15, -0.1) is 0 Å². The number of benzene rings is 1. The molecule has 1 saturated heterocycles. The third-order valence-corrected chi connectivity index (χ3v) is 7.53. The molecule has 2 fully saturated rings. The lowest BCUT2D eigenvalue weighted by Gasteiger charge is -2.38. The number of carbonyl (C=O) groups is 1. The van der Waals surface area contributed by atoms with Crippen LogP contribution in [0.15, 0.2) is 42.5 Å². The molecule has 0 radical (unpaired) electrons. The van der Waals surface area contributed by atoms with Crippen LogP contribution in [0.3, 0.4) is 0 Å². The summed E-state index contributed by atoms with van der Waals surface area (Å²) in [5.41, 5.74) is -0.660. The Bertz CT molecular complexity index is 705. The maximum Gasteiger partial charge on any atom is 0.257 e. The van der Waals surface area contributed by atoms with Gasteiger partial charge in [0.15, 0.2) is 5.60 Å². The monoisotopic (exact) mass is 410 g/mol. The summed E-state index contributed by atoms with van der Waals surface area (Å²) in [6.07, 6.45) is 16.0. The van der Waals surface area contributed by atoms with Crippen molar-refractivity contribution in [1.29, 1.82) is 0 Å². The smallest absolute Gasteiger partial charge is 0.257 e. The molecule has 4 heteroatoms. The van der Waals surface area contributed by atoms with Crippen LogP contribution in [0.25, 0.3) is 0 Å². The first-order valence-corrected chi connectivity index (χ1v) is 12.1. The van der Waals surface area contributed by atoms with Gasteiger partial charge in [0, 0.05) is 31.6 Å². The van der Waals surface area contributed by atoms with Gasteiger partial charge in [0.05, 0.1) is 0 Å². The summed E-state index contributed by atoms with van der Waals surface area (Å²) in [6.45, 7) is 3.21. The first-order valence-electron chi connectivity index (χ1n) is 12.1. The van der Waals surface area contributed by atoms with E-state index in [-0.39, 0.29) is 17.9 Å². The molecule has 4 rings (SSSR count). The zero-order valence-electron chi connectivity index (χ0n) is 18.3. The van der Waals surface area contributed by atoms with Crippen LogP contribution in [0.1, 0.15) is 69.8 Å². The van der Waals surface area contributed by atoms with Gasteiger partial charge in [0.1, 0.15) is 0 Å². The van der Waals surface area contributed by atoms with E-state index in [9.17, 15) is 9.90 Å². The minimum atomic E-state index is -1.40. The second-order valence-corrected chi connectivity index (χ2v) is 9.63. The molecule has 1 aliphatic heterocycles. The lowest BCUT2D eigenvalue weighted by Crippen LogP contribution is -2.54. The Morgan fingerprint density at radius 3 is 2.43 bits per heavy atom. The van der Waals surface area contributed by atoms with Crippen molar-refractivity contribution in [1.82, 2.24) is 10.2 Å². The largest absolute Gasteiger partial charge is 0.375 e. The second kappa shape index (κ2) is 10.1. The summed E-state index contributed by atoms with van der Waals surface area (Å²) >= 11 is 0. The third-order valence-electron chi connectivity index (χ3n) is 7.53. The Kier molecular flexibility index (Phi) is 7.27. The van der Waals surface area contributed by atoms with Gasteiger partial charge in [0.2, 0.25) is 0 Å². The third kappa shape index (κ3) is 4.97. The molecule has 0 spiro atoms. The van der Waals surface area contributed by atoms with Crippen LogP contribution in [-0.2, 0) is 10.4 Å². The summed E-state index contributed by atoms with van der Waals surface area (Å²) in [4.78, 5) is 15.9. The van der Waals surface area contributed by atoms with E-state index in [0.717, 1.165) is 63.7 Å². The molecule has 2 aliphatic carbocycles. The lowest BCUT2D eigenvalue weighted by molar-refractivity contribution is -0.148. The number of amides is 1. The van der Waals surface area contributed by atoms with Gasteiger partial charge in [0.25, 0.3) is 5.91 Å². The van der Waals surface area contributed by atoms with Gasteiger partial charge in [-0.05, 0) is 56.4 Å². The van der Waals surface area contributed by atoms with Gasteiger partial charge < -0.3 is 15.3 Å². The zero-order valence-corrected chi connectivity index (χ0v) is 18.3. The first-order chi connectivity index (χ1) is 14.7. The van der Waals surface area contributed by atoms with Crippen molar-refractivity contribution < 1.29 is 9.90 Å². The molecular weight excluding hydrogens is 372 g/mol. The fraction of sp³-hybridized carbons (Fsp3) is 0.654. The van der Waals surface area contributed by atoms with Crippen molar-refractivity contribution in [2.75, 3.05) is 19.6 Å². The van der Waals surface area contributed by atoms with Crippen molar-refractivity contribution >= 4 is 5.91 Å². The molecule has 0 aromatic heterocycles. The fourth-order valence-corrected chi connectivity index (χ4v) is 5.68. The predicted molar refractivity (Wildman–Crippen MR) is 121 cm³/mol. The molecule has 4 nitrogen and oxygen atoms in total. The lowest BCUT2D eigenvalue weighted by atomic mass is 9.79. The molecule has 1 heterocycles. The fourth-order valence-electron chi connectivity index (χ4n) is 5.68. The van der Waals surface area contributed by atoms with Crippen molar-refractivity contribution in [3.63, 3.8) is 0 Å². The SMILES string of the molecule is O=C(NC1CCN(CC2C=CCCCC2)CC1)C(O)(c1ccccc1)C1CCCC1. The zero-order chi connectivity index (χ0) is 20.8. The number of aliphatic hydroxyl groups is 1. The summed E-state index contributed by atoms with van der Waals surface area (Å²) in [5.74, 6) is 0.511. The van der Waals surface area contributed by atoms with Crippen LogP contribution in [0.4, 0.5) is 0 Å². The van der Waals surface area contributed by atoms with E-state index < -0.39 is 5.60 Å². The molecule has 1 aromatic carbocycles. The second-order valence-electron chi connectivity index (χ2n) is 9.63. The highest BCUT2D eigenvalue weighted by atomic mass is 16.3. The molecule has 1 aromatic rings. The number of carbonyl (C=O) groups excluding carboxylic acids is 1. The van der Waals surface area contributed by atoms with Crippen LogP contribution >= 0.6 is 0 Å². The molecule has 2 N–H and O–H groups in total. The molecule has 3 aliphatic rings. The summed E-state index contributed by atoms with van der Waals surface area (Å²) in [6, 6.07) is 9.75. The van der Waals surface area contributed by atoms with Crippen LogP contribution < -0.4 is 5.32 Å². The molecule has 0 bridgehead atoms. The topological polar surface area (TPSA) is 52.6 Å². The number of rotatable bonds is 6. The van der Waals surface area contributed by atoms with E-state index >= 15 is 0 Å². The van der Waals surface area contributed by atoms with E-state index in [1.54, 1.807) is 0 Å². The average molecular weight is 411 g/mol. The van der Waals surface area contributed by atoms with Crippen molar-refractivity contribution in [2.24, 2.45) is 11.8 Å². The molecular formula is C26H38N2O2. The normalized spacial score (nSPS) is 26.2. The molecule has 1 amide bonds. The molecule has 2 unspecified atom stereocenters. The number of nitrogens with one attached hydrogen (secondary N) is 1. The number of hydrogen-bond acceptors (Lipinski definition) is 3. The van der Waals surface area contributed by atoms with Crippen molar-refractivity contribution in [3.8, 4) is 0 Å². The van der Waals surface area contributed by atoms with Gasteiger partial charge in [-0.3, -0.25) is 4.79 Å². The van der Waals surface area contributed by atoms with Crippen LogP contribution in [0.2, 0.25) is 0 Å². The molecule has 1 saturated carbocycles. The highest BCUT2D eigenvalue weighted by Crippen LogP contribution is 2.41. The quantitative estimate of drug-likeness (QED) is 0.684.